The Morgan fingerprint density at radius 1 is 1.05 bits per heavy atom. The number of carbonyl (C=O) groups is 2. The van der Waals surface area contributed by atoms with Gasteiger partial charge >= 0.3 is 11.9 Å². The number of benzene rings is 1. The Morgan fingerprint density at radius 2 is 1.80 bits per heavy atom. The van der Waals surface area contributed by atoms with Crippen LogP contribution in [0.15, 0.2) is 30.3 Å². The SMILES string of the molecule is CCOC(=O)COCCCC(=O)OCc1ccccc1. The summed E-state index contributed by atoms with van der Waals surface area (Å²) >= 11 is 0. The third-order valence-electron chi connectivity index (χ3n) is 2.44. The molecule has 0 aliphatic rings. The number of ether oxygens (including phenoxy) is 3. The quantitative estimate of drug-likeness (QED) is 0.512. The average molecular weight is 280 g/mol. The summed E-state index contributed by atoms with van der Waals surface area (Å²) in [7, 11) is 0. The molecule has 1 aromatic carbocycles. The molecule has 0 saturated carbocycles. The van der Waals surface area contributed by atoms with Crippen LogP contribution in [0.5, 0.6) is 0 Å². The second-order valence-corrected chi connectivity index (χ2v) is 4.11. The molecule has 0 amide bonds. The van der Waals surface area contributed by atoms with Crippen LogP contribution in [0.25, 0.3) is 0 Å². The fourth-order valence-corrected chi connectivity index (χ4v) is 1.49. The van der Waals surface area contributed by atoms with Crippen LogP contribution in [0, 0.1) is 0 Å². The molecule has 0 aliphatic carbocycles. The molecule has 0 unspecified atom stereocenters. The maximum absolute atomic E-state index is 11.4. The van der Waals surface area contributed by atoms with E-state index in [-0.39, 0.29) is 31.6 Å². The van der Waals surface area contributed by atoms with Crippen molar-refractivity contribution in [3.8, 4) is 0 Å². The molecule has 110 valence electrons. The molecule has 0 heterocycles. The van der Waals surface area contributed by atoms with Gasteiger partial charge in [0.05, 0.1) is 6.61 Å². The fraction of sp³-hybridized carbons (Fsp3) is 0.467. The standard InChI is InChI=1S/C15H20O5/c1-2-19-15(17)12-18-10-6-9-14(16)20-11-13-7-4-3-5-8-13/h3-5,7-8H,2,6,9-12H2,1H3. The van der Waals surface area contributed by atoms with Crippen molar-refractivity contribution in [2.24, 2.45) is 0 Å². The number of hydrogen-bond donors (Lipinski definition) is 0. The smallest absolute Gasteiger partial charge is 0.332 e. The van der Waals surface area contributed by atoms with Gasteiger partial charge in [0.2, 0.25) is 0 Å². The molecule has 1 rings (SSSR count). The number of carbonyl (C=O) groups excluding carboxylic acids is 2. The van der Waals surface area contributed by atoms with Gasteiger partial charge in [0.25, 0.3) is 0 Å². The monoisotopic (exact) mass is 280 g/mol. The Balaban J connectivity index is 2.02. The molecule has 0 radical (unpaired) electrons. The van der Waals surface area contributed by atoms with Crippen molar-refractivity contribution in [1.82, 2.24) is 0 Å². The molecule has 0 aliphatic heterocycles. The van der Waals surface area contributed by atoms with Gasteiger partial charge in [-0.05, 0) is 18.9 Å². The third kappa shape index (κ3) is 7.53. The molecule has 0 atom stereocenters. The summed E-state index contributed by atoms with van der Waals surface area (Å²) in [5, 5.41) is 0. The van der Waals surface area contributed by atoms with Crippen molar-refractivity contribution in [2.75, 3.05) is 19.8 Å². The summed E-state index contributed by atoms with van der Waals surface area (Å²) in [6, 6.07) is 9.50. The largest absolute Gasteiger partial charge is 0.464 e. The van der Waals surface area contributed by atoms with E-state index < -0.39 is 0 Å². The summed E-state index contributed by atoms with van der Waals surface area (Å²) < 4.78 is 14.9. The minimum absolute atomic E-state index is 0.0765. The lowest BCUT2D eigenvalue weighted by Crippen LogP contribution is -2.13. The Hall–Kier alpha value is -1.88. The Morgan fingerprint density at radius 3 is 2.50 bits per heavy atom. The molecule has 5 nitrogen and oxygen atoms in total. The van der Waals surface area contributed by atoms with Crippen LogP contribution < -0.4 is 0 Å². The predicted octanol–water partition coefficient (Wildman–Crippen LogP) is 2.09. The molecule has 0 bridgehead atoms. The van der Waals surface area contributed by atoms with Crippen LogP contribution >= 0.6 is 0 Å². The number of esters is 2. The number of rotatable bonds is 9. The van der Waals surface area contributed by atoms with Crippen molar-refractivity contribution < 1.29 is 23.8 Å². The molecule has 20 heavy (non-hydrogen) atoms. The lowest BCUT2D eigenvalue weighted by Gasteiger charge is -2.05. The van der Waals surface area contributed by atoms with Gasteiger partial charge in [0, 0.05) is 13.0 Å². The first-order valence-electron chi connectivity index (χ1n) is 6.65. The van der Waals surface area contributed by atoms with Crippen LogP contribution in [-0.2, 0) is 30.4 Å². The van der Waals surface area contributed by atoms with Gasteiger partial charge in [-0.15, -0.1) is 0 Å². The molecule has 1 aromatic rings. The molecule has 0 fully saturated rings. The van der Waals surface area contributed by atoms with E-state index in [9.17, 15) is 9.59 Å². The Kier molecular flexibility index (Phi) is 8.07. The first-order chi connectivity index (χ1) is 9.72. The highest BCUT2D eigenvalue weighted by molar-refractivity contribution is 5.70. The van der Waals surface area contributed by atoms with E-state index in [0.717, 1.165) is 5.56 Å². The highest BCUT2D eigenvalue weighted by atomic mass is 16.6. The minimum Gasteiger partial charge on any atom is -0.464 e. The third-order valence-corrected chi connectivity index (χ3v) is 2.44. The summed E-state index contributed by atoms with van der Waals surface area (Å²) in [5.74, 6) is -0.659. The van der Waals surface area contributed by atoms with E-state index >= 15 is 0 Å². The maximum Gasteiger partial charge on any atom is 0.332 e. The summed E-state index contributed by atoms with van der Waals surface area (Å²) in [6.45, 7) is 2.62. The van der Waals surface area contributed by atoms with Gasteiger partial charge < -0.3 is 14.2 Å². The van der Waals surface area contributed by atoms with Crippen LogP contribution in [0.2, 0.25) is 0 Å². The lowest BCUT2D eigenvalue weighted by molar-refractivity contribution is -0.148. The zero-order chi connectivity index (χ0) is 14.6. The zero-order valence-electron chi connectivity index (χ0n) is 11.7. The predicted molar refractivity (Wildman–Crippen MR) is 72.9 cm³/mol. The zero-order valence-corrected chi connectivity index (χ0v) is 11.7. The van der Waals surface area contributed by atoms with Crippen LogP contribution in [0.3, 0.4) is 0 Å². The highest BCUT2D eigenvalue weighted by Crippen LogP contribution is 2.02. The molecular weight excluding hydrogens is 260 g/mol. The first-order valence-corrected chi connectivity index (χ1v) is 6.65. The highest BCUT2D eigenvalue weighted by Gasteiger charge is 2.05. The van der Waals surface area contributed by atoms with Gasteiger partial charge in [0.1, 0.15) is 13.2 Å². The topological polar surface area (TPSA) is 61.8 Å². The van der Waals surface area contributed by atoms with E-state index in [1.54, 1.807) is 6.92 Å². The van der Waals surface area contributed by atoms with Gasteiger partial charge in [-0.3, -0.25) is 4.79 Å². The fourth-order valence-electron chi connectivity index (χ4n) is 1.49. The minimum atomic E-state index is -0.390. The molecule has 0 aromatic heterocycles. The average Bonchev–Trinajstić information content (AvgIpc) is 2.46. The van der Waals surface area contributed by atoms with Gasteiger partial charge in [-0.2, -0.15) is 0 Å². The Bertz CT molecular complexity index is 402. The van der Waals surface area contributed by atoms with Crippen molar-refractivity contribution in [2.45, 2.75) is 26.4 Å². The second-order valence-electron chi connectivity index (χ2n) is 4.11. The van der Waals surface area contributed by atoms with E-state index in [1.165, 1.54) is 0 Å². The van der Waals surface area contributed by atoms with E-state index in [0.29, 0.717) is 19.6 Å². The van der Waals surface area contributed by atoms with Crippen molar-refractivity contribution in [1.29, 1.82) is 0 Å². The summed E-state index contributed by atoms with van der Waals surface area (Å²) in [5.41, 5.74) is 0.958. The normalized spacial score (nSPS) is 10.1. The van der Waals surface area contributed by atoms with Crippen molar-refractivity contribution >= 4 is 11.9 Å². The molecule has 0 spiro atoms. The van der Waals surface area contributed by atoms with Crippen molar-refractivity contribution in [3.05, 3.63) is 35.9 Å². The maximum atomic E-state index is 11.4. The van der Waals surface area contributed by atoms with E-state index in [4.69, 9.17) is 14.2 Å². The van der Waals surface area contributed by atoms with E-state index in [1.807, 2.05) is 30.3 Å². The second kappa shape index (κ2) is 9.97. The Labute approximate surface area is 118 Å². The van der Waals surface area contributed by atoms with Gasteiger partial charge in [-0.25, -0.2) is 4.79 Å². The summed E-state index contributed by atoms with van der Waals surface area (Å²) in [4.78, 5) is 22.4. The lowest BCUT2D eigenvalue weighted by atomic mass is 10.2. The van der Waals surface area contributed by atoms with Gasteiger partial charge in [0.15, 0.2) is 0 Å². The molecule has 0 saturated heterocycles. The number of hydrogen-bond acceptors (Lipinski definition) is 5. The van der Waals surface area contributed by atoms with Gasteiger partial charge in [-0.1, -0.05) is 30.3 Å². The molecule has 0 N–H and O–H groups in total. The van der Waals surface area contributed by atoms with Crippen LogP contribution in [0.4, 0.5) is 0 Å². The van der Waals surface area contributed by atoms with E-state index in [2.05, 4.69) is 0 Å². The first kappa shape index (κ1) is 16.2. The molecular formula is C15H20O5. The summed E-state index contributed by atoms with van der Waals surface area (Å²) in [6.07, 6.45) is 0.794. The van der Waals surface area contributed by atoms with Crippen LogP contribution in [0.1, 0.15) is 25.3 Å². The van der Waals surface area contributed by atoms with Crippen LogP contribution in [-0.4, -0.2) is 31.8 Å². The molecule has 5 heteroatoms. The van der Waals surface area contributed by atoms with Crippen molar-refractivity contribution in [3.63, 3.8) is 0 Å².